The number of para-hydroxylation sites is 1. The molecular weight excluding hydrogens is 334 g/mol. The zero-order valence-electron chi connectivity index (χ0n) is 15.6. The zero-order valence-corrected chi connectivity index (χ0v) is 15.6. The van der Waals surface area contributed by atoms with Crippen LogP contribution in [0.15, 0.2) is 18.2 Å². The molecule has 3 aliphatic rings. The first kappa shape index (κ1) is 17.6. The number of hydrogen-bond acceptors (Lipinski definition) is 5. The van der Waals surface area contributed by atoms with E-state index in [1.165, 1.54) is 0 Å². The van der Waals surface area contributed by atoms with Crippen LogP contribution in [0.4, 0.5) is 0 Å². The largest absolute Gasteiger partial charge is 0.493 e. The highest BCUT2D eigenvalue weighted by atomic mass is 16.5. The van der Waals surface area contributed by atoms with Crippen LogP contribution in [0.2, 0.25) is 0 Å². The zero-order chi connectivity index (χ0) is 18.5. The van der Waals surface area contributed by atoms with E-state index in [9.17, 15) is 4.79 Å². The van der Waals surface area contributed by atoms with E-state index in [1.807, 2.05) is 17.0 Å². The molecule has 0 aliphatic carbocycles. The molecule has 0 unspecified atom stereocenters. The highest BCUT2D eigenvalue weighted by molar-refractivity contribution is 5.69. The summed E-state index contributed by atoms with van der Waals surface area (Å²) in [4.78, 5) is 13.1. The molecule has 4 rings (SSSR count). The number of methoxy groups -OCH3 is 1. The van der Waals surface area contributed by atoms with E-state index in [0.717, 1.165) is 43.0 Å². The number of fused-ring (bicyclic) bond motifs is 4. The SMILES string of the molecule is COc1cccc2c1OC(C)(C)[C@@H]1C[C@H]3CN(CC(=O)O)CC[C@H]3O[C@@H]21. The van der Waals surface area contributed by atoms with Crippen molar-refractivity contribution in [1.82, 2.24) is 4.90 Å². The molecule has 3 heterocycles. The number of rotatable bonds is 3. The summed E-state index contributed by atoms with van der Waals surface area (Å²) in [7, 11) is 1.66. The molecule has 3 aliphatic heterocycles. The van der Waals surface area contributed by atoms with Gasteiger partial charge in [-0.3, -0.25) is 9.69 Å². The first-order valence-corrected chi connectivity index (χ1v) is 9.34. The lowest BCUT2D eigenvalue weighted by Gasteiger charge is -2.53. The minimum Gasteiger partial charge on any atom is -0.493 e. The third-order valence-corrected chi connectivity index (χ3v) is 6.14. The van der Waals surface area contributed by atoms with Crippen LogP contribution in [0.1, 0.15) is 38.4 Å². The fourth-order valence-electron chi connectivity index (χ4n) is 4.86. The van der Waals surface area contributed by atoms with E-state index >= 15 is 0 Å². The van der Waals surface area contributed by atoms with Crippen LogP contribution >= 0.6 is 0 Å². The molecule has 6 heteroatoms. The maximum absolute atomic E-state index is 11.1. The molecule has 0 radical (unpaired) electrons. The van der Waals surface area contributed by atoms with Crippen molar-refractivity contribution >= 4 is 5.97 Å². The first-order valence-electron chi connectivity index (χ1n) is 9.34. The number of benzene rings is 1. The van der Waals surface area contributed by atoms with Crippen LogP contribution < -0.4 is 9.47 Å². The van der Waals surface area contributed by atoms with Gasteiger partial charge in [0.25, 0.3) is 0 Å². The Kier molecular flexibility index (Phi) is 4.35. The van der Waals surface area contributed by atoms with Crippen LogP contribution in [-0.2, 0) is 9.53 Å². The van der Waals surface area contributed by atoms with Crippen molar-refractivity contribution < 1.29 is 24.1 Å². The maximum Gasteiger partial charge on any atom is 0.317 e. The van der Waals surface area contributed by atoms with Crippen LogP contribution in [0.25, 0.3) is 0 Å². The number of piperidine rings is 1. The Morgan fingerprint density at radius 3 is 2.96 bits per heavy atom. The minimum absolute atomic E-state index is 0.00359. The average molecular weight is 361 g/mol. The van der Waals surface area contributed by atoms with E-state index in [1.54, 1.807) is 7.11 Å². The molecule has 2 fully saturated rings. The van der Waals surface area contributed by atoms with Gasteiger partial charge in [0, 0.05) is 24.6 Å². The Bertz CT molecular complexity index is 703. The van der Waals surface area contributed by atoms with Gasteiger partial charge >= 0.3 is 5.97 Å². The maximum atomic E-state index is 11.1. The summed E-state index contributed by atoms with van der Waals surface area (Å²) >= 11 is 0. The molecule has 2 saturated heterocycles. The Labute approximate surface area is 154 Å². The molecule has 1 N–H and O–H groups in total. The summed E-state index contributed by atoms with van der Waals surface area (Å²) in [6.45, 7) is 5.89. The fraction of sp³-hybridized carbons (Fsp3) is 0.650. The van der Waals surface area contributed by atoms with Crippen molar-refractivity contribution in [3.05, 3.63) is 23.8 Å². The van der Waals surface area contributed by atoms with Gasteiger partial charge in [-0.05, 0) is 38.7 Å². The van der Waals surface area contributed by atoms with Crippen molar-refractivity contribution in [2.24, 2.45) is 11.8 Å². The van der Waals surface area contributed by atoms with Crippen molar-refractivity contribution in [3.8, 4) is 11.5 Å². The Morgan fingerprint density at radius 2 is 2.23 bits per heavy atom. The molecule has 0 saturated carbocycles. The summed E-state index contributed by atoms with van der Waals surface area (Å²) in [6.07, 6.45) is 2.03. The van der Waals surface area contributed by atoms with E-state index < -0.39 is 5.97 Å². The smallest absolute Gasteiger partial charge is 0.317 e. The van der Waals surface area contributed by atoms with Gasteiger partial charge in [-0.1, -0.05) is 12.1 Å². The first-order chi connectivity index (χ1) is 12.4. The van der Waals surface area contributed by atoms with E-state index in [4.69, 9.17) is 19.3 Å². The molecule has 142 valence electrons. The lowest BCUT2D eigenvalue weighted by atomic mass is 9.70. The Balaban J connectivity index is 1.61. The number of aliphatic carboxylic acids is 1. The second-order valence-corrected chi connectivity index (χ2v) is 8.20. The van der Waals surface area contributed by atoms with Crippen LogP contribution in [0.5, 0.6) is 11.5 Å². The van der Waals surface area contributed by atoms with Crippen molar-refractivity contribution in [2.45, 2.75) is 44.5 Å². The van der Waals surface area contributed by atoms with Gasteiger partial charge in [-0.15, -0.1) is 0 Å². The van der Waals surface area contributed by atoms with Gasteiger partial charge in [0.05, 0.1) is 25.9 Å². The normalized spacial score (nSPS) is 32.6. The van der Waals surface area contributed by atoms with Gasteiger partial charge in [-0.25, -0.2) is 0 Å². The second kappa shape index (κ2) is 6.43. The summed E-state index contributed by atoms with van der Waals surface area (Å²) in [6, 6.07) is 5.98. The van der Waals surface area contributed by atoms with Gasteiger partial charge in [0.15, 0.2) is 11.5 Å². The second-order valence-electron chi connectivity index (χ2n) is 8.20. The summed E-state index contributed by atoms with van der Waals surface area (Å²) in [5.41, 5.74) is 0.701. The van der Waals surface area contributed by atoms with Crippen LogP contribution in [-0.4, -0.2) is 54.4 Å². The number of carboxylic acids is 1. The molecule has 0 amide bonds. The van der Waals surface area contributed by atoms with Gasteiger partial charge in [0.1, 0.15) is 5.60 Å². The van der Waals surface area contributed by atoms with Crippen molar-refractivity contribution in [1.29, 1.82) is 0 Å². The number of likely N-dealkylation sites (tertiary alicyclic amines) is 1. The minimum atomic E-state index is -0.764. The van der Waals surface area contributed by atoms with Gasteiger partial charge in [0.2, 0.25) is 0 Å². The molecule has 1 aromatic carbocycles. The molecule has 0 aromatic heterocycles. The average Bonchev–Trinajstić information content (AvgIpc) is 2.59. The number of carbonyl (C=O) groups is 1. The van der Waals surface area contributed by atoms with E-state index in [2.05, 4.69) is 19.9 Å². The van der Waals surface area contributed by atoms with Crippen molar-refractivity contribution in [3.63, 3.8) is 0 Å². The summed E-state index contributed by atoms with van der Waals surface area (Å²) < 4.78 is 18.5. The fourth-order valence-corrected chi connectivity index (χ4v) is 4.86. The van der Waals surface area contributed by atoms with Crippen LogP contribution in [0, 0.1) is 11.8 Å². The number of hydrogen-bond donors (Lipinski definition) is 1. The van der Waals surface area contributed by atoms with E-state index in [-0.39, 0.29) is 30.3 Å². The molecule has 1 aromatic rings. The van der Waals surface area contributed by atoms with Crippen molar-refractivity contribution in [2.75, 3.05) is 26.7 Å². The van der Waals surface area contributed by atoms with Gasteiger partial charge in [-0.2, -0.15) is 0 Å². The highest BCUT2D eigenvalue weighted by Gasteiger charge is 2.51. The standard InChI is InChI=1S/C20H27NO5/c1-20(2)14-9-12-10-21(11-17(22)23)8-7-15(12)25-18(14)13-5-4-6-16(24-3)19(13)26-20/h4-6,12,14-15,18H,7-11H2,1-3H3,(H,22,23)/t12-,14+,15+,18-/m0/s1. The summed E-state index contributed by atoms with van der Waals surface area (Å²) in [5, 5.41) is 9.09. The van der Waals surface area contributed by atoms with E-state index in [0.29, 0.717) is 5.92 Å². The molecule has 26 heavy (non-hydrogen) atoms. The number of ether oxygens (including phenoxy) is 3. The predicted molar refractivity (Wildman–Crippen MR) is 95.6 cm³/mol. The molecule has 4 atom stereocenters. The summed E-state index contributed by atoms with van der Waals surface area (Å²) in [5.74, 6) is 1.35. The topological polar surface area (TPSA) is 68.2 Å². The Morgan fingerprint density at radius 1 is 1.42 bits per heavy atom. The quantitative estimate of drug-likeness (QED) is 0.893. The van der Waals surface area contributed by atoms with Crippen LogP contribution in [0.3, 0.4) is 0 Å². The van der Waals surface area contributed by atoms with Gasteiger partial charge < -0.3 is 19.3 Å². The third-order valence-electron chi connectivity index (χ3n) is 6.14. The molecule has 6 nitrogen and oxygen atoms in total. The highest BCUT2D eigenvalue weighted by Crippen LogP contribution is 2.54. The number of nitrogens with zero attached hydrogens (tertiary/aromatic N) is 1. The lowest BCUT2D eigenvalue weighted by molar-refractivity contribution is -0.188. The predicted octanol–water partition coefficient (Wildman–Crippen LogP) is 2.72. The molecule has 0 bridgehead atoms. The molecule has 0 spiro atoms. The molecular formula is C20H27NO5. The monoisotopic (exact) mass is 361 g/mol. The number of carboxylic acid groups (broad SMARTS) is 1. The third kappa shape index (κ3) is 2.95. The Hall–Kier alpha value is -1.79. The lowest BCUT2D eigenvalue weighted by Crippen LogP contribution is -2.55.